The van der Waals surface area contributed by atoms with Crippen LogP contribution in [0.5, 0.6) is 0 Å². The molecule has 0 aliphatic carbocycles. The smallest absolute Gasteiger partial charge is 0.124 e. The predicted octanol–water partition coefficient (Wildman–Crippen LogP) is 3.09. The molecule has 4 nitrogen and oxygen atoms in total. The van der Waals surface area contributed by atoms with Crippen molar-refractivity contribution in [3.8, 4) is 0 Å². The Morgan fingerprint density at radius 2 is 1.80 bits per heavy atom. The number of fused-ring (bicyclic) bond motifs is 1. The summed E-state index contributed by atoms with van der Waals surface area (Å²) in [6.45, 7) is 0. The molecule has 2 aromatic carbocycles. The van der Waals surface area contributed by atoms with E-state index in [2.05, 4.69) is 21.6 Å². The number of para-hydroxylation sites is 2. The van der Waals surface area contributed by atoms with E-state index >= 15 is 0 Å². The number of nitrogens with one attached hydrogen (secondary N) is 2. The van der Waals surface area contributed by atoms with Crippen molar-refractivity contribution in [2.75, 3.05) is 5.43 Å². The quantitative estimate of drug-likeness (QED) is 0.385. The van der Waals surface area contributed by atoms with Gasteiger partial charge in [0.1, 0.15) is 5.84 Å². The summed E-state index contributed by atoms with van der Waals surface area (Å²) in [7, 11) is 0. The van der Waals surface area contributed by atoms with E-state index in [1.54, 1.807) is 0 Å². The molecular formula is C16H16N4. The van der Waals surface area contributed by atoms with E-state index in [0.29, 0.717) is 12.3 Å². The van der Waals surface area contributed by atoms with Crippen LogP contribution >= 0.6 is 0 Å². The van der Waals surface area contributed by atoms with Gasteiger partial charge in [-0.2, -0.15) is 5.10 Å². The molecule has 3 aromatic rings. The first-order valence-corrected chi connectivity index (χ1v) is 6.51. The Bertz CT molecular complexity index is 728. The summed E-state index contributed by atoms with van der Waals surface area (Å²) in [5.74, 6) is 0.554. The lowest BCUT2D eigenvalue weighted by Crippen LogP contribution is -2.16. The van der Waals surface area contributed by atoms with Crippen molar-refractivity contribution >= 4 is 22.4 Å². The second-order valence-corrected chi connectivity index (χ2v) is 4.62. The highest BCUT2D eigenvalue weighted by Gasteiger charge is 2.04. The summed E-state index contributed by atoms with van der Waals surface area (Å²) in [6, 6.07) is 17.9. The van der Waals surface area contributed by atoms with Gasteiger partial charge in [-0.3, -0.25) is 5.43 Å². The molecule has 1 aromatic heterocycles. The number of benzene rings is 2. The van der Waals surface area contributed by atoms with Crippen LogP contribution in [0.2, 0.25) is 0 Å². The Kier molecular flexibility index (Phi) is 3.37. The molecule has 0 atom stereocenters. The Labute approximate surface area is 117 Å². The van der Waals surface area contributed by atoms with E-state index in [4.69, 9.17) is 5.73 Å². The fourth-order valence-corrected chi connectivity index (χ4v) is 2.16. The third kappa shape index (κ3) is 2.64. The van der Waals surface area contributed by atoms with Gasteiger partial charge in [0.2, 0.25) is 0 Å². The van der Waals surface area contributed by atoms with E-state index < -0.39 is 0 Å². The van der Waals surface area contributed by atoms with Crippen LogP contribution in [0.15, 0.2) is 65.9 Å². The van der Waals surface area contributed by atoms with Crippen molar-refractivity contribution in [2.24, 2.45) is 10.8 Å². The lowest BCUT2D eigenvalue weighted by molar-refractivity contribution is 1.23. The van der Waals surface area contributed by atoms with Crippen molar-refractivity contribution in [3.05, 3.63) is 66.4 Å². The number of aromatic nitrogens is 1. The average Bonchev–Trinajstić information content (AvgIpc) is 2.90. The summed E-state index contributed by atoms with van der Waals surface area (Å²) >= 11 is 0. The van der Waals surface area contributed by atoms with Gasteiger partial charge in [0, 0.05) is 23.5 Å². The molecule has 0 spiro atoms. The second-order valence-electron chi connectivity index (χ2n) is 4.62. The zero-order valence-corrected chi connectivity index (χ0v) is 11.0. The highest BCUT2D eigenvalue weighted by Crippen LogP contribution is 2.18. The van der Waals surface area contributed by atoms with Crippen molar-refractivity contribution in [2.45, 2.75) is 6.42 Å². The van der Waals surface area contributed by atoms with Gasteiger partial charge in [0.15, 0.2) is 0 Å². The van der Waals surface area contributed by atoms with Crippen LogP contribution in [-0.2, 0) is 6.42 Å². The van der Waals surface area contributed by atoms with Gasteiger partial charge in [0.05, 0.1) is 5.69 Å². The van der Waals surface area contributed by atoms with E-state index in [9.17, 15) is 0 Å². The molecule has 0 unspecified atom stereocenters. The monoisotopic (exact) mass is 264 g/mol. The predicted molar refractivity (Wildman–Crippen MR) is 83.7 cm³/mol. The Morgan fingerprint density at radius 1 is 1.05 bits per heavy atom. The molecule has 0 aliphatic rings. The molecule has 3 rings (SSSR count). The van der Waals surface area contributed by atoms with Gasteiger partial charge in [-0.15, -0.1) is 0 Å². The van der Waals surface area contributed by atoms with Crippen LogP contribution in [0.1, 0.15) is 5.56 Å². The highest BCUT2D eigenvalue weighted by molar-refractivity contribution is 5.90. The first kappa shape index (κ1) is 12.3. The lowest BCUT2D eigenvalue weighted by Gasteiger charge is -2.02. The molecule has 4 N–H and O–H groups in total. The number of anilines is 1. The maximum Gasteiger partial charge on any atom is 0.124 e. The maximum atomic E-state index is 5.98. The Morgan fingerprint density at radius 3 is 2.65 bits per heavy atom. The summed E-state index contributed by atoms with van der Waals surface area (Å²) < 4.78 is 0. The van der Waals surface area contributed by atoms with Crippen molar-refractivity contribution in [1.82, 2.24) is 4.98 Å². The second kappa shape index (κ2) is 5.48. The minimum absolute atomic E-state index is 0.554. The third-order valence-electron chi connectivity index (χ3n) is 3.15. The lowest BCUT2D eigenvalue weighted by atomic mass is 10.1. The first-order valence-electron chi connectivity index (χ1n) is 6.51. The zero-order chi connectivity index (χ0) is 13.8. The van der Waals surface area contributed by atoms with Crippen LogP contribution in [0.3, 0.4) is 0 Å². The molecule has 1 heterocycles. The Balaban J connectivity index is 1.74. The molecule has 4 heteroatoms. The highest BCUT2D eigenvalue weighted by atomic mass is 15.3. The number of nitrogens with zero attached hydrogens (tertiary/aromatic N) is 1. The number of H-pyrrole nitrogens is 1. The van der Waals surface area contributed by atoms with Crippen molar-refractivity contribution in [1.29, 1.82) is 0 Å². The van der Waals surface area contributed by atoms with Gasteiger partial charge in [-0.05, 0) is 23.8 Å². The van der Waals surface area contributed by atoms with Crippen molar-refractivity contribution < 1.29 is 0 Å². The molecule has 0 saturated heterocycles. The minimum atomic E-state index is 0.554. The summed E-state index contributed by atoms with van der Waals surface area (Å²) in [5.41, 5.74) is 12.1. The minimum Gasteiger partial charge on any atom is -0.385 e. The standard InChI is InChI=1S/C16H16N4/c17-16(20-19-13-6-2-1-3-7-13)10-12-11-18-15-9-5-4-8-14(12)15/h1-9,11,18-19H,10H2,(H2,17,20). The number of rotatable bonds is 4. The molecular weight excluding hydrogens is 248 g/mol. The van der Waals surface area contributed by atoms with Crippen LogP contribution in [0.4, 0.5) is 5.69 Å². The number of hydrazone groups is 1. The van der Waals surface area contributed by atoms with Gasteiger partial charge in [-0.25, -0.2) is 0 Å². The molecule has 0 saturated carbocycles. The number of nitrogens with two attached hydrogens (primary N) is 1. The number of aromatic amines is 1. The largest absolute Gasteiger partial charge is 0.385 e. The fourth-order valence-electron chi connectivity index (χ4n) is 2.16. The van der Waals surface area contributed by atoms with Gasteiger partial charge in [-0.1, -0.05) is 36.4 Å². The number of hydrogen-bond acceptors (Lipinski definition) is 2. The van der Waals surface area contributed by atoms with Crippen LogP contribution in [0, 0.1) is 0 Å². The summed E-state index contributed by atoms with van der Waals surface area (Å²) in [4.78, 5) is 3.24. The number of hydrogen-bond donors (Lipinski definition) is 3. The van der Waals surface area contributed by atoms with E-state index in [1.807, 2.05) is 54.7 Å². The molecule has 100 valence electrons. The summed E-state index contributed by atoms with van der Waals surface area (Å²) in [6.07, 6.45) is 2.60. The topological polar surface area (TPSA) is 66.2 Å². The van der Waals surface area contributed by atoms with Gasteiger partial charge >= 0.3 is 0 Å². The Hall–Kier alpha value is -2.75. The van der Waals surface area contributed by atoms with Crippen LogP contribution in [-0.4, -0.2) is 10.8 Å². The molecule has 0 fully saturated rings. The zero-order valence-electron chi connectivity index (χ0n) is 11.0. The van der Waals surface area contributed by atoms with Gasteiger partial charge in [0.25, 0.3) is 0 Å². The molecule has 0 radical (unpaired) electrons. The first-order chi connectivity index (χ1) is 9.83. The van der Waals surface area contributed by atoms with Gasteiger partial charge < -0.3 is 10.7 Å². The van der Waals surface area contributed by atoms with Crippen LogP contribution < -0.4 is 11.2 Å². The average molecular weight is 264 g/mol. The normalized spacial score (nSPS) is 11.7. The van der Waals surface area contributed by atoms with Crippen LogP contribution in [0.25, 0.3) is 10.9 Å². The molecule has 20 heavy (non-hydrogen) atoms. The fraction of sp³-hybridized carbons (Fsp3) is 0.0625. The third-order valence-corrected chi connectivity index (χ3v) is 3.15. The van der Waals surface area contributed by atoms with E-state index in [-0.39, 0.29) is 0 Å². The maximum absolute atomic E-state index is 5.98. The van der Waals surface area contributed by atoms with Crippen molar-refractivity contribution in [3.63, 3.8) is 0 Å². The molecule has 0 bridgehead atoms. The SMILES string of the molecule is NC(Cc1c[nH]c2ccccc12)=NNc1ccccc1. The molecule has 0 amide bonds. The van der Waals surface area contributed by atoms with E-state index in [0.717, 1.165) is 16.8 Å². The molecule has 0 aliphatic heterocycles. The van der Waals surface area contributed by atoms with E-state index in [1.165, 1.54) is 5.39 Å². The summed E-state index contributed by atoms with van der Waals surface area (Å²) in [5, 5.41) is 5.39. The number of amidine groups is 1.